The lowest BCUT2D eigenvalue weighted by molar-refractivity contribution is -0.127. The summed E-state index contributed by atoms with van der Waals surface area (Å²) in [7, 11) is 1.63. The SMILES string of the molecule is CN(Cc1ccccc1F)C(=O)CSc1n[nH]c(=O)n1CCc1ccccc1. The third-order valence-corrected chi connectivity index (χ3v) is 5.27. The topological polar surface area (TPSA) is 71.0 Å². The highest BCUT2D eigenvalue weighted by Crippen LogP contribution is 2.16. The van der Waals surface area contributed by atoms with Crippen molar-refractivity contribution < 1.29 is 9.18 Å². The van der Waals surface area contributed by atoms with E-state index in [0.717, 1.165) is 5.56 Å². The molecule has 0 spiro atoms. The Balaban J connectivity index is 1.57. The normalized spacial score (nSPS) is 10.8. The number of nitrogens with zero attached hydrogens (tertiary/aromatic N) is 3. The van der Waals surface area contributed by atoms with Crippen LogP contribution < -0.4 is 5.69 Å². The number of amides is 1. The predicted molar refractivity (Wildman–Crippen MR) is 107 cm³/mol. The molecule has 0 saturated carbocycles. The molecule has 6 nitrogen and oxygen atoms in total. The summed E-state index contributed by atoms with van der Waals surface area (Å²) >= 11 is 1.19. The van der Waals surface area contributed by atoms with Gasteiger partial charge in [0, 0.05) is 25.7 Å². The number of aromatic nitrogens is 3. The number of rotatable bonds is 8. The highest BCUT2D eigenvalue weighted by molar-refractivity contribution is 7.99. The van der Waals surface area contributed by atoms with Crippen molar-refractivity contribution in [1.82, 2.24) is 19.7 Å². The van der Waals surface area contributed by atoms with Crippen molar-refractivity contribution in [2.24, 2.45) is 0 Å². The van der Waals surface area contributed by atoms with Crippen LogP contribution in [0.2, 0.25) is 0 Å². The zero-order valence-electron chi connectivity index (χ0n) is 15.5. The van der Waals surface area contributed by atoms with Gasteiger partial charge in [0.1, 0.15) is 5.82 Å². The molecule has 3 aromatic rings. The predicted octanol–water partition coefficient (Wildman–Crippen LogP) is 2.70. The fourth-order valence-corrected chi connectivity index (χ4v) is 3.62. The molecule has 0 unspecified atom stereocenters. The first-order valence-electron chi connectivity index (χ1n) is 8.84. The lowest BCUT2D eigenvalue weighted by Crippen LogP contribution is -2.28. The number of hydrogen-bond acceptors (Lipinski definition) is 4. The molecule has 0 aliphatic carbocycles. The molecule has 0 aliphatic heterocycles. The number of benzene rings is 2. The van der Waals surface area contributed by atoms with Gasteiger partial charge in [-0.2, -0.15) is 0 Å². The molecule has 146 valence electrons. The summed E-state index contributed by atoms with van der Waals surface area (Å²) in [6, 6.07) is 16.2. The number of carbonyl (C=O) groups is 1. The standard InChI is InChI=1S/C20H21FN4O2S/c1-24(13-16-9-5-6-10-17(16)21)18(26)14-28-20-23-22-19(27)25(20)12-11-15-7-3-2-4-8-15/h2-10H,11-14H2,1H3,(H,22,27). The molecule has 0 atom stereocenters. The van der Waals surface area contributed by atoms with Gasteiger partial charge < -0.3 is 4.90 Å². The van der Waals surface area contributed by atoms with Crippen LogP contribution in [0.15, 0.2) is 64.5 Å². The average Bonchev–Trinajstić information content (AvgIpc) is 3.06. The fraction of sp³-hybridized carbons (Fsp3) is 0.250. The van der Waals surface area contributed by atoms with Crippen molar-refractivity contribution in [3.63, 3.8) is 0 Å². The van der Waals surface area contributed by atoms with Crippen LogP contribution in [0.5, 0.6) is 0 Å². The Hall–Kier alpha value is -2.87. The van der Waals surface area contributed by atoms with E-state index in [2.05, 4.69) is 10.2 Å². The molecule has 28 heavy (non-hydrogen) atoms. The summed E-state index contributed by atoms with van der Waals surface area (Å²) < 4.78 is 15.3. The molecule has 3 rings (SSSR count). The smallest absolute Gasteiger partial charge is 0.341 e. The van der Waals surface area contributed by atoms with Gasteiger partial charge in [-0.25, -0.2) is 14.3 Å². The molecule has 1 heterocycles. The number of halogens is 1. The third kappa shape index (κ3) is 5.10. The summed E-state index contributed by atoms with van der Waals surface area (Å²) in [6.07, 6.45) is 0.689. The van der Waals surface area contributed by atoms with E-state index >= 15 is 0 Å². The van der Waals surface area contributed by atoms with Crippen LogP contribution in [-0.2, 0) is 24.3 Å². The molecule has 0 bridgehead atoms. The van der Waals surface area contributed by atoms with Crippen LogP contribution in [0.4, 0.5) is 4.39 Å². The van der Waals surface area contributed by atoms with Crippen LogP contribution in [0.1, 0.15) is 11.1 Å². The second-order valence-corrected chi connectivity index (χ2v) is 7.27. The number of thioether (sulfide) groups is 1. The average molecular weight is 400 g/mol. The fourth-order valence-electron chi connectivity index (χ4n) is 2.70. The quantitative estimate of drug-likeness (QED) is 0.590. The molecule has 1 amide bonds. The molecule has 8 heteroatoms. The minimum atomic E-state index is -0.336. The van der Waals surface area contributed by atoms with Gasteiger partial charge >= 0.3 is 5.69 Å². The van der Waals surface area contributed by atoms with Gasteiger partial charge in [-0.3, -0.25) is 9.36 Å². The molecule has 1 aromatic heterocycles. The molecule has 1 N–H and O–H groups in total. The zero-order chi connectivity index (χ0) is 19.9. The summed E-state index contributed by atoms with van der Waals surface area (Å²) in [5, 5.41) is 6.92. The van der Waals surface area contributed by atoms with Crippen LogP contribution in [0, 0.1) is 5.82 Å². The monoisotopic (exact) mass is 400 g/mol. The van der Waals surface area contributed by atoms with Gasteiger partial charge in [-0.1, -0.05) is 60.3 Å². The first-order chi connectivity index (χ1) is 13.5. The van der Waals surface area contributed by atoms with Crippen molar-refractivity contribution >= 4 is 17.7 Å². The molecular formula is C20H21FN4O2S. The van der Waals surface area contributed by atoms with Gasteiger partial charge in [-0.15, -0.1) is 5.10 Å². The van der Waals surface area contributed by atoms with Crippen LogP contribution in [0.25, 0.3) is 0 Å². The zero-order valence-corrected chi connectivity index (χ0v) is 16.3. The van der Waals surface area contributed by atoms with E-state index in [0.29, 0.717) is 23.7 Å². The Labute approximate surface area is 166 Å². The Kier molecular flexibility index (Phi) is 6.65. The summed E-state index contributed by atoms with van der Waals surface area (Å²) in [6.45, 7) is 0.661. The Morgan fingerprint density at radius 2 is 1.89 bits per heavy atom. The van der Waals surface area contributed by atoms with Crippen molar-refractivity contribution in [3.8, 4) is 0 Å². The molecule has 0 saturated heterocycles. The maximum absolute atomic E-state index is 13.7. The van der Waals surface area contributed by atoms with E-state index in [1.54, 1.807) is 25.2 Å². The molecule has 0 radical (unpaired) electrons. The maximum atomic E-state index is 13.7. The number of hydrogen-bond donors (Lipinski definition) is 1. The van der Waals surface area contributed by atoms with Gasteiger partial charge in [0.25, 0.3) is 0 Å². The largest absolute Gasteiger partial charge is 0.343 e. The lowest BCUT2D eigenvalue weighted by Gasteiger charge is -2.17. The van der Waals surface area contributed by atoms with E-state index in [-0.39, 0.29) is 29.7 Å². The van der Waals surface area contributed by atoms with E-state index in [4.69, 9.17) is 0 Å². The second-order valence-electron chi connectivity index (χ2n) is 6.33. The first kappa shape index (κ1) is 19.9. The Morgan fingerprint density at radius 1 is 1.18 bits per heavy atom. The highest BCUT2D eigenvalue weighted by atomic mass is 32.2. The van der Waals surface area contributed by atoms with E-state index in [1.807, 2.05) is 30.3 Å². The van der Waals surface area contributed by atoms with Gasteiger partial charge in [0.05, 0.1) is 5.75 Å². The van der Waals surface area contributed by atoms with Crippen LogP contribution in [0.3, 0.4) is 0 Å². The lowest BCUT2D eigenvalue weighted by atomic mass is 10.1. The summed E-state index contributed by atoms with van der Waals surface area (Å²) in [4.78, 5) is 25.9. The minimum Gasteiger partial charge on any atom is -0.341 e. The second kappa shape index (κ2) is 9.36. The van der Waals surface area contributed by atoms with Gasteiger partial charge in [0.15, 0.2) is 5.16 Å². The Morgan fingerprint density at radius 3 is 2.64 bits per heavy atom. The van der Waals surface area contributed by atoms with Gasteiger partial charge in [-0.05, 0) is 18.1 Å². The summed E-state index contributed by atoms with van der Waals surface area (Å²) in [5.41, 5.74) is 1.28. The van der Waals surface area contributed by atoms with E-state index in [1.165, 1.54) is 27.3 Å². The van der Waals surface area contributed by atoms with Crippen molar-refractivity contribution in [1.29, 1.82) is 0 Å². The number of nitrogens with one attached hydrogen (secondary N) is 1. The maximum Gasteiger partial charge on any atom is 0.343 e. The van der Waals surface area contributed by atoms with Crippen LogP contribution in [-0.4, -0.2) is 38.4 Å². The minimum absolute atomic E-state index is 0.112. The van der Waals surface area contributed by atoms with E-state index in [9.17, 15) is 14.0 Å². The van der Waals surface area contributed by atoms with Crippen LogP contribution >= 0.6 is 11.8 Å². The molecule has 2 aromatic carbocycles. The number of aryl methyl sites for hydroxylation is 1. The number of H-pyrrole nitrogens is 1. The highest BCUT2D eigenvalue weighted by Gasteiger charge is 2.15. The molecular weight excluding hydrogens is 379 g/mol. The molecule has 0 aliphatic rings. The Bertz CT molecular complexity index is 987. The third-order valence-electron chi connectivity index (χ3n) is 4.31. The van der Waals surface area contributed by atoms with Crippen molar-refractivity contribution in [3.05, 3.63) is 82.0 Å². The summed E-state index contributed by atoms with van der Waals surface area (Å²) in [5.74, 6) is -0.393. The van der Waals surface area contributed by atoms with Crippen molar-refractivity contribution in [2.75, 3.05) is 12.8 Å². The first-order valence-corrected chi connectivity index (χ1v) is 9.82. The van der Waals surface area contributed by atoms with Crippen molar-refractivity contribution in [2.45, 2.75) is 24.7 Å². The van der Waals surface area contributed by atoms with E-state index < -0.39 is 0 Å². The number of carbonyl (C=O) groups excluding carboxylic acids is 1. The number of aromatic amines is 1. The molecule has 0 fully saturated rings. The van der Waals surface area contributed by atoms with Gasteiger partial charge in [0.2, 0.25) is 5.91 Å².